The number of carbonyl (C=O) groups excluding carboxylic acids is 1. The van der Waals surface area contributed by atoms with Crippen LogP contribution in [0.2, 0.25) is 0 Å². The number of fused-ring (bicyclic) bond motifs is 1. The first-order valence-corrected chi connectivity index (χ1v) is 10.2. The predicted octanol–water partition coefficient (Wildman–Crippen LogP) is 2.50. The van der Waals surface area contributed by atoms with E-state index in [2.05, 4.69) is 15.2 Å². The second-order valence-electron chi connectivity index (χ2n) is 8.25. The highest BCUT2D eigenvalue weighted by atomic mass is 16.5. The van der Waals surface area contributed by atoms with E-state index < -0.39 is 5.60 Å². The Labute approximate surface area is 165 Å². The van der Waals surface area contributed by atoms with Crippen LogP contribution in [0.5, 0.6) is 5.75 Å². The Morgan fingerprint density at radius 1 is 1.21 bits per heavy atom. The zero-order valence-electron chi connectivity index (χ0n) is 16.4. The monoisotopic (exact) mass is 383 g/mol. The minimum atomic E-state index is -1.21. The molecule has 2 aliphatic rings. The lowest BCUT2D eigenvalue weighted by atomic mass is 9.88. The third-order valence-corrected chi connectivity index (χ3v) is 6.18. The van der Waals surface area contributed by atoms with Gasteiger partial charge in [0.15, 0.2) is 0 Å². The molecule has 2 heterocycles. The highest BCUT2D eigenvalue weighted by molar-refractivity contribution is 5.87. The van der Waals surface area contributed by atoms with E-state index in [1.165, 1.54) is 0 Å². The molecule has 28 heavy (non-hydrogen) atoms. The number of rotatable bonds is 4. The molecule has 150 valence electrons. The summed E-state index contributed by atoms with van der Waals surface area (Å²) < 4.78 is 6.27. The van der Waals surface area contributed by atoms with Crippen LogP contribution in [0.4, 0.5) is 0 Å². The van der Waals surface area contributed by atoms with Gasteiger partial charge in [0.05, 0.1) is 6.10 Å². The number of amides is 1. The Balaban J connectivity index is 1.30. The number of aromatic nitrogens is 1. The van der Waals surface area contributed by atoms with Crippen LogP contribution >= 0.6 is 0 Å². The number of likely N-dealkylation sites (tertiary alicyclic amines) is 1. The molecule has 0 unspecified atom stereocenters. The molecule has 2 fully saturated rings. The molecule has 1 saturated carbocycles. The van der Waals surface area contributed by atoms with Gasteiger partial charge in [0.1, 0.15) is 11.4 Å². The summed E-state index contributed by atoms with van der Waals surface area (Å²) in [7, 11) is 2.02. The fourth-order valence-electron chi connectivity index (χ4n) is 4.24. The second kappa shape index (κ2) is 8.05. The van der Waals surface area contributed by atoms with Gasteiger partial charge in [-0.2, -0.15) is 0 Å². The maximum Gasteiger partial charge on any atom is 0.252 e. The molecule has 2 N–H and O–H groups in total. The molecule has 0 bridgehead atoms. The topological polar surface area (TPSA) is 74.7 Å². The van der Waals surface area contributed by atoms with Crippen molar-refractivity contribution in [1.29, 1.82) is 0 Å². The van der Waals surface area contributed by atoms with E-state index in [0.717, 1.165) is 55.3 Å². The lowest BCUT2D eigenvalue weighted by Gasteiger charge is -2.37. The van der Waals surface area contributed by atoms with Gasteiger partial charge >= 0.3 is 0 Å². The van der Waals surface area contributed by atoms with Crippen LogP contribution < -0.4 is 10.1 Å². The summed E-state index contributed by atoms with van der Waals surface area (Å²) in [5.74, 6) is 0.694. The normalized spacial score (nSPS) is 25.4. The second-order valence-corrected chi connectivity index (χ2v) is 8.25. The van der Waals surface area contributed by atoms with Crippen molar-refractivity contribution >= 4 is 16.7 Å². The fraction of sp³-hybridized carbons (Fsp3) is 0.545. The quantitative estimate of drug-likeness (QED) is 0.849. The summed E-state index contributed by atoms with van der Waals surface area (Å²) in [6, 6.07) is 8.14. The van der Waals surface area contributed by atoms with Crippen molar-refractivity contribution in [3.63, 3.8) is 0 Å². The van der Waals surface area contributed by atoms with E-state index in [1.54, 1.807) is 6.20 Å². The zero-order valence-corrected chi connectivity index (χ0v) is 16.4. The molecule has 0 spiro atoms. The first-order chi connectivity index (χ1) is 13.5. The minimum Gasteiger partial charge on any atom is -0.490 e. The third-order valence-electron chi connectivity index (χ3n) is 6.18. The number of carbonyl (C=O) groups is 1. The van der Waals surface area contributed by atoms with Gasteiger partial charge in [0.2, 0.25) is 0 Å². The van der Waals surface area contributed by atoms with Gasteiger partial charge in [0.25, 0.3) is 5.91 Å². The number of ether oxygens (including phenoxy) is 1. The van der Waals surface area contributed by atoms with E-state index in [0.29, 0.717) is 12.8 Å². The molecule has 1 saturated heterocycles. The number of hydrogen-bond donors (Lipinski definition) is 2. The SMILES string of the molecule is CN1CCC(O)(C(=O)NC2CCC(Oc3cccc4cnccc34)CC2)CC1. The molecule has 0 radical (unpaired) electrons. The van der Waals surface area contributed by atoms with Gasteiger partial charge in [-0.3, -0.25) is 9.78 Å². The number of nitrogens with one attached hydrogen (secondary N) is 1. The summed E-state index contributed by atoms with van der Waals surface area (Å²) in [4.78, 5) is 18.9. The average molecular weight is 383 g/mol. The molecule has 0 atom stereocenters. The van der Waals surface area contributed by atoms with Crippen molar-refractivity contribution in [3.05, 3.63) is 36.7 Å². The Hall–Kier alpha value is -2.18. The number of benzene rings is 1. The van der Waals surface area contributed by atoms with E-state index in [9.17, 15) is 9.90 Å². The molecular weight excluding hydrogens is 354 g/mol. The first kappa shape index (κ1) is 19.2. The Bertz CT molecular complexity index is 819. The molecule has 2 aromatic rings. The predicted molar refractivity (Wildman–Crippen MR) is 108 cm³/mol. The van der Waals surface area contributed by atoms with Gasteiger partial charge in [0, 0.05) is 42.3 Å². The first-order valence-electron chi connectivity index (χ1n) is 10.2. The Morgan fingerprint density at radius 2 is 1.96 bits per heavy atom. The smallest absolute Gasteiger partial charge is 0.252 e. The van der Waals surface area contributed by atoms with Crippen molar-refractivity contribution in [2.45, 2.75) is 56.3 Å². The van der Waals surface area contributed by atoms with Crippen molar-refractivity contribution in [3.8, 4) is 5.75 Å². The maximum atomic E-state index is 12.6. The molecule has 1 aromatic carbocycles. The summed E-state index contributed by atoms with van der Waals surface area (Å²) in [6.07, 6.45) is 8.34. The van der Waals surface area contributed by atoms with Crippen molar-refractivity contribution in [2.75, 3.05) is 20.1 Å². The lowest BCUT2D eigenvalue weighted by Crippen LogP contribution is -2.55. The zero-order chi connectivity index (χ0) is 19.6. The largest absolute Gasteiger partial charge is 0.490 e. The molecule has 1 aliphatic carbocycles. The Morgan fingerprint density at radius 3 is 2.71 bits per heavy atom. The number of pyridine rings is 1. The van der Waals surface area contributed by atoms with Crippen LogP contribution in [-0.2, 0) is 4.79 Å². The third kappa shape index (κ3) is 4.13. The molecule has 6 heteroatoms. The Kier molecular flexibility index (Phi) is 5.51. The lowest BCUT2D eigenvalue weighted by molar-refractivity contribution is -0.145. The fourth-order valence-corrected chi connectivity index (χ4v) is 4.24. The van der Waals surface area contributed by atoms with Crippen LogP contribution in [0.1, 0.15) is 38.5 Å². The number of piperidine rings is 1. The standard InChI is InChI=1S/C22H29N3O3/c1-25-13-10-22(27,11-14-25)21(26)24-17-5-7-18(8-6-17)28-20-4-2-3-16-15-23-12-9-19(16)20/h2-4,9,12,15,17-18,27H,5-8,10-11,13-14H2,1H3,(H,24,26). The van der Waals surface area contributed by atoms with Crippen molar-refractivity contribution in [2.24, 2.45) is 0 Å². The van der Waals surface area contributed by atoms with Crippen LogP contribution in [0.15, 0.2) is 36.7 Å². The molecule has 1 amide bonds. The van der Waals surface area contributed by atoms with E-state index in [-0.39, 0.29) is 18.1 Å². The molecule has 1 aromatic heterocycles. The van der Waals surface area contributed by atoms with Gasteiger partial charge in [-0.1, -0.05) is 12.1 Å². The maximum absolute atomic E-state index is 12.6. The molecular formula is C22H29N3O3. The summed E-state index contributed by atoms with van der Waals surface area (Å²) in [6.45, 7) is 1.51. The van der Waals surface area contributed by atoms with E-state index >= 15 is 0 Å². The number of nitrogens with zero attached hydrogens (tertiary/aromatic N) is 2. The van der Waals surface area contributed by atoms with E-state index in [4.69, 9.17) is 4.74 Å². The van der Waals surface area contributed by atoms with Crippen LogP contribution in [0.3, 0.4) is 0 Å². The molecule has 6 nitrogen and oxygen atoms in total. The molecule has 4 rings (SSSR count). The van der Waals surface area contributed by atoms with Gasteiger partial charge in [-0.25, -0.2) is 0 Å². The minimum absolute atomic E-state index is 0.118. The molecule has 1 aliphatic heterocycles. The summed E-state index contributed by atoms with van der Waals surface area (Å²) in [5, 5.41) is 15.9. The van der Waals surface area contributed by atoms with Crippen molar-refractivity contribution in [1.82, 2.24) is 15.2 Å². The van der Waals surface area contributed by atoms with E-state index in [1.807, 2.05) is 37.5 Å². The summed E-state index contributed by atoms with van der Waals surface area (Å²) in [5.41, 5.74) is -1.21. The average Bonchev–Trinajstić information content (AvgIpc) is 2.72. The summed E-state index contributed by atoms with van der Waals surface area (Å²) >= 11 is 0. The highest BCUT2D eigenvalue weighted by Gasteiger charge is 2.39. The van der Waals surface area contributed by atoms with Gasteiger partial charge < -0.3 is 20.1 Å². The number of hydrogen-bond acceptors (Lipinski definition) is 5. The van der Waals surface area contributed by atoms with Crippen molar-refractivity contribution < 1.29 is 14.6 Å². The number of aliphatic hydroxyl groups is 1. The van der Waals surface area contributed by atoms with Crippen LogP contribution in [0, 0.1) is 0 Å². The van der Waals surface area contributed by atoms with Gasteiger partial charge in [-0.05, 0) is 57.7 Å². The van der Waals surface area contributed by atoms with Crippen LogP contribution in [-0.4, -0.2) is 58.8 Å². The highest BCUT2D eigenvalue weighted by Crippen LogP contribution is 2.30. The van der Waals surface area contributed by atoms with Gasteiger partial charge in [-0.15, -0.1) is 0 Å². The van der Waals surface area contributed by atoms with Crippen LogP contribution in [0.25, 0.3) is 10.8 Å².